The van der Waals surface area contributed by atoms with E-state index in [1.54, 1.807) is 7.11 Å². The molecule has 4 rings (SSSR count). The molecule has 1 atom stereocenters. The van der Waals surface area contributed by atoms with Crippen LogP contribution in [-0.4, -0.2) is 60.9 Å². The van der Waals surface area contributed by atoms with Gasteiger partial charge in [0.1, 0.15) is 5.75 Å². The fourth-order valence-corrected chi connectivity index (χ4v) is 5.40. The Hall–Kier alpha value is -2.22. The van der Waals surface area contributed by atoms with Crippen molar-refractivity contribution < 1.29 is 14.1 Å². The predicted molar refractivity (Wildman–Crippen MR) is 126 cm³/mol. The summed E-state index contributed by atoms with van der Waals surface area (Å²) in [4.78, 5) is 17.3. The van der Waals surface area contributed by atoms with Crippen molar-refractivity contribution in [3.8, 4) is 5.75 Å². The third-order valence-electron chi connectivity index (χ3n) is 6.06. The van der Waals surface area contributed by atoms with Gasteiger partial charge in [-0.2, -0.15) is 0 Å². The van der Waals surface area contributed by atoms with E-state index in [1.807, 2.05) is 30.3 Å². The molecule has 31 heavy (non-hydrogen) atoms. The zero-order chi connectivity index (χ0) is 21.6. The fourth-order valence-electron chi connectivity index (χ4n) is 4.36. The fraction of sp³-hybridized carbons (Fsp3) is 0.458. The number of nitrogens with one attached hydrogen (secondary N) is 1. The number of carbonyl (C=O) groups excluding carboxylic acids is 1. The first kappa shape index (κ1) is 22.0. The van der Waals surface area contributed by atoms with E-state index in [0.29, 0.717) is 0 Å². The summed E-state index contributed by atoms with van der Waals surface area (Å²) in [5.41, 5.74) is 3.11. The molecule has 0 aromatic heterocycles. The molecule has 0 radical (unpaired) electrons. The number of nitrogens with zero attached hydrogens (tertiary/aromatic N) is 2. The first-order chi connectivity index (χ1) is 15.1. The SMILES string of the molecule is COc1ccccc1N1CCN(CCCCCc2ccc3c(c2)NC(=O)C[S+]3[O-])CC1. The average molecular weight is 442 g/mol. The second-order valence-electron chi connectivity index (χ2n) is 8.18. The number of rotatable bonds is 8. The lowest BCUT2D eigenvalue weighted by Gasteiger charge is -2.36. The minimum atomic E-state index is -1.21. The number of hydrogen-bond donors (Lipinski definition) is 1. The second-order valence-corrected chi connectivity index (χ2v) is 9.60. The number of carbonyl (C=O) groups is 1. The zero-order valence-corrected chi connectivity index (χ0v) is 19.0. The molecule has 1 N–H and O–H groups in total. The Morgan fingerprint density at radius 1 is 1.06 bits per heavy atom. The summed E-state index contributed by atoms with van der Waals surface area (Å²) in [6, 6.07) is 14.2. The standard InChI is InChI=1S/C24H31N3O3S/c1-30-22-9-5-4-8-21(22)27-15-13-26(14-16-27)12-6-2-3-7-19-10-11-23-20(17-19)25-24(28)18-31(23)29/h4-5,8-11,17H,2-3,6-7,12-16,18H2,1H3,(H,25,28). The van der Waals surface area contributed by atoms with E-state index in [9.17, 15) is 9.35 Å². The molecule has 1 unspecified atom stereocenters. The minimum absolute atomic E-state index is 0.0689. The van der Waals surface area contributed by atoms with Crippen LogP contribution in [0.25, 0.3) is 0 Å². The average Bonchev–Trinajstić information content (AvgIpc) is 2.79. The van der Waals surface area contributed by atoms with Crippen LogP contribution in [0.2, 0.25) is 0 Å². The number of aryl methyl sites for hydroxylation is 1. The first-order valence-corrected chi connectivity index (χ1v) is 12.4. The van der Waals surface area contributed by atoms with Crippen molar-refractivity contribution in [3.05, 3.63) is 48.0 Å². The molecule has 166 valence electrons. The summed E-state index contributed by atoms with van der Waals surface area (Å²) >= 11 is -1.21. The third kappa shape index (κ3) is 5.53. The van der Waals surface area contributed by atoms with Crippen LogP contribution < -0.4 is 15.0 Å². The summed E-state index contributed by atoms with van der Waals surface area (Å²) in [6.45, 7) is 5.36. The Balaban J connectivity index is 1.16. The molecule has 0 saturated carbocycles. The molecule has 2 aliphatic rings. The van der Waals surface area contributed by atoms with Crippen molar-refractivity contribution in [3.63, 3.8) is 0 Å². The van der Waals surface area contributed by atoms with Gasteiger partial charge in [0.2, 0.25) is 0 Å². The van der Waals surface area contributed by atoms with Gasteiger partial charge in [-0.25, -0.2) is 0 Å². The van der Waals surface area contributed by atoms with Gasteiger partial charge in [-0.15, -0.1) is 0 Å². The van der Waals surface area contributed by atoms with Gasteiger partial charge in [0.25, 0.3) is 5.91 Å². The van der Waals surface area contributed by atoms with Crippen LogP contribution in [0.3, 0.4) is 0 Å². The van der Waals surface area contributed by atoms with E-state index >= 15 is 0 Å². The number of unbranched alkanes of at least 4 members (excludes halogenated alkanes) is 2. The van der Waals surface area contributed by atoms with Gasteiger partial charge in [0.15, 0.2) is 10.6 Å². The van der Waals surface area contributed by atoms with E-state index in [4.69, 9.17) is 4.74 Å². The van der Waals surface area contributed by atoms with Gasteiger partial charge in [-0.1, -0.05) is 24.6 Å². The van der Waals surface area contributed by atoms with E-state index in [2.05, 4.69) is 27.2 Å². The zero-order valence-electron chi connectivity index (χ0n) is 18.1. The minimum Gasteiger partial charge on any atom is -0.611 e. The molecule has 6 nitrogen and oxygen atoms in total. The highest BCUT2D eigenvalue weighted by molar-refractivity contribution is 7.92. The number of piperazine rings is 1. The highest BCUT2D eigenvalue weighted by Gasteiger charge is 2.27. The van der Waals surface area contributed by atoms with Crippen molar-refractivity contribution in [2.75, 3.05) is 55.8 Å². The van der Waals surface area contributed by atoms with Gasteiger partial charge in [-0.05, 0) is 66.8 Å². The van der Waals surface area contributed by atoms with E-state index in [0.717, 1.165) is 61.9 Å². The molecule has 2 heterocycles. The van der Waals surface area contributed by atoms with Gasteiger partial charge < -0.3 is 19.5 Å². The van der Waals surface area contributed by atoms with Crippen LogP contribution in [-0.2, 0) is 22.4 Å². The molecule has 1 amide bonds. The maximum Gasteiger partial charge on any atom is 0.274 e. The van der Waals surface area contributed by atoms with E-state index < -0.39 is 11.2 Å². The smallest absolute Gasteiger partial charge is 0.274 e. The van der Waals surface area contributed by atoms with Crippen LogP contribution in [0.15, 0.2) is 47.4 Å². The molecular formula is C24H31N3O3S. The van der Waals surface area contributed by atoms with E-state index in [1.165, 1.54) is 24.1 Å². The molecule has 1 saturated heterocycles. The molecule has 1 fully saturated rings. The molecule has 0 spiro atoms. The van der Waals surface area contributed by atoms with Crippen molar-refractivity contribution in [1.29, 1.82) is 0 Å². The number of benzene rings is 2. The van der Waals surface area contributed by atoms with Crippen molar-refractivity contribution >= 4 is 28.5 Å². The number of hydrogen-bond acceptors (Lipinski definition) is 5. The number of para-hydroxylation sites is 2. The number of ether oxygens (including phenoxy) is 1. The van der Waals surface area contributed by atoms with Gasteiger partial charge in [0, 0.05) is 26.2 Å². The molecule has 2 aromatic carbocycles. The maximum atomic E-state index is 12.0. The van der Waals surface area contributed by atoms with Crippen LogP contribution in [0.5, 0.6) is 5.75 Å². The number of amides is 1. The quantitative estimate of drug-likeness (QED) is 0.503. The maximum absolute atomic E-state index is 12.0. The molecule has 2 aliphatic heterocycles. The van der Waals surface area contributed by atoms with Gasteiger partial charge >= 0.3 is 0 Å². The third-order valence-corrected chi connectivity index (χ3v) is 7.43. The molecule has 7 heteroatoms. The molecule has 0 bridgehead atoms. The summed E-state index contributed by atoms with van der Waals surface area (Å²) in [6.07, 6.45) is 4.48. The topological polar surface area (TPSA) is 67.9 Å². The monoisotopic (exact) mass is 441 g/mol. The lowest BCUT2D eigenvalue weighted by Crippen LogP contribution is -2.46. The van der Waals surface area contributed by atoms with Crippen LogP contribution in [0.4, 0.5) is 11.4 Å². The van der Waals surface area contributed by atoms with Gasteiger partial charge in [0.05, 0.1) is 18.5 Å². The van der Waals surface area contributed by atoms with Crippen LogP contribution >= 0.6 is 0 Å². The highest BCUT2D eigenvalue weighted by Crippen LogP contribution is 2.29. The summed E-state index contributed by atoms with van der Waals surface area (Å²) in [5, 5.41) is 2.85. The number of fused-ring (bicyclic) bond motifs is 1. The number of methoxy groups -OCH3 is 1. The van der Waals surface area contributed by atoms with Crippen molar-refractivity contribution in [1.82, 2.24) is 4.90 Å². The Labute approximate surface area is 187 Å². The summed E-state index contributed by atoms with van der Waals surface area (Å²) in [7, 11) is 1.73. The Morgan fingerprint density at radius 2 is 1.87 bits per heavy atom. The molecular weight excluding hydrogens is 410 g/mol. The lowest BCUT2D eigenvalue weighted by molar-refractivity contribution is -0.114. The highest BCUT2D eigenvalue weighted by atomic mass is 32.2. The van der Waals surface area contributed by atoms with Gasteiger partial charge in [-0.3, -0.25) is 9.69 Å². The second kappa shape index (κ2) is 10.4. The van der Waals surface area contributed by atoms with Crippen molar-refractivity contribution in [2.24, 2.45) is 0 Å². The van der Waals surface area contributed by atoms with Crippen LogP contribution in [0.1, 0.15) is 24.8 Å². The summed E-state index contributed by atoms with van der Waals surface area (Å²) < 4.78 is 17.5. The predicted octanol–water partition coefficient (Wildman–Crippen LogP) is 3.29. The first-order valence-electron chi connectivity index (χ1n) is 11.1. The Bertz CT molecular complexity index is 899. The number of anilines is 2. The molecule has 2 aromatic rings. The van der Waals surface area contributed by atoms with Crippen molar-refractivity contribution in [2.45, 2.75) is 30.6 Å². The Morgan fingerprint density at radius 3 is 2.68 bits per heavy atom. The van der Waals surface area contributed by atoms with Crippen LogP contribution in [0, 0.1) is 0 Å². The Kier molecular flexibility index (Phi) is 7.37. The molecule has 0 aliphatic carbocycles. The largest absolute Gasteiger partial charge is 0.611 e. The normalized spacial score (nSPS) is 19.1. The summed E-state index contributed by atoms with van der Waals surface area (Å²) in [5.74, 6) is 0.859. The van der Waals surface area contributed by atoms with E-state index in [-0.39, 0.29) is 11.7 Å². The lowest BCUT2D eigenvalue weighted by atomic mass is 10.1.